The molecule has 0 atom stereocenters. The fraction of sp³-hybridized carbons (Fsp3) is 0.231. The number of hydrogen-bond donors (Lipinski definition) is 2. The first kappa shape index (κ1) is 12.3. The molecule has 0 spiro atoms. The highest BCUT2D eigenvalue weighted by atomic mass is 16.5. The molecule has 0 saturated carbocycles. The van der Waals surface area contributed by atoms with Crippen molar-refractivity contribution in [1.82, 2.24) is 9.97 Å². The van der Waals surface area contributed by atoms with E-state index in [2.05, 4.69) is 15.4 Å². The van der Waals surface area contributed by atoms with Crippen LogP contribution in [-0.2, 0) is 0 Å². The minimum Gasteiger partial charge on any atom is -0.493 e. The number of nitrogens with zero attached hydrogens (tertiary/aromatic N) is 2. The fourth-order valence-electron chi connectivity index (χ4n) is 1.73. The van der Waals surface area contributed by atoms with Crippen molar-refractivity contribution in [3.8, 4) is 17.0 Å². The van der Waals surface area contributed by atoms with Gasteiger partial charge in [0.25, 0.3) is 0 Å². The average molecular weight is 244 g/mol. The molecule has 3 N–H and O–H groups in total. The Morgan fingerprint density at radius 1 is 1.28 bits per heavy atom. The van der Waals surface area contributed by atoms with E-state index < -0.39 is 0 Å². The first-order chi connectivity index (χ1) is 8.74. The van der Waals surface area contributed by atoms with E-state index in [4.69, 9.17) is 10.6 Å². The molecule has 0 fully saturated rings. The van der Waals surface area contributed by atoms with Crippen LogP contribution < -0.4 is 16.0 Å². The molecule has 0 radical (unpaired) electrons. The summed E-state index contributed by atoms with van der Waals surface area (Å²) in [6, 6.07) is 9.67. The van der Waals surface area contributed by atoms with Gasteiger partial charge in [0.1, 0.15) is 5.75 Å². The summed E-state index contributed by atoms with van der Waals surface area (Å²) >= 11 is 0. The molecule has 2 rings (SSSR count). The molecule has 1 aromatic carbocycles. The van der Waals surface area contributed by atoms with Crippen molar-refractivity contribution >= 4 is 5.95 Å². The quantitative estimate of drug-likeness (QED) is 0.636. The molecule has 5 heteroatoms. The SMILES string of the molecule is CCOc1ccccc1-c1cc(C)nc(NN)n1. The van der Waals surface area contributed by atoms with Crippen molar-refractivity contribution in [3.05, 3.63) is 36.0 Å². The van der Waals surface area contributed by atoms with E-state index in [1.54, 1.807) is 0 Å². The molecule has 18 heavy (non-hydrogen) atoms. The van der Waals surface area contributed by atoms with Gasteiger partial charge >= 0.3 is 0 Å². The van der Waals surface area contributed by atoms with Crippen LogP contribution >= 0.6 is 0 Å². The summed E-state index contributed by atoms with van der Waals surface area (Å²) < 4.78 is 5.59. The molecule has 0 amide bonds. The normalized spacial score (nSPS) is 10.2. The predicted octanol–water partition coefficient (Wildman–Crippen LogP) is 2.14. The fourth-order valence-corrected chi connectivity index (χ4v) is 1.73. The van der Waals surface area contributed by atoms with Crippen molar-refractivity contribution < 1.29 is 4.74 Å². The lowest BCUT2D eigenvalue weighted by molar-refractivity contribution is 0.341. The lowest BCUT2D eigenvalue weighted by Crippen LogP contribution is -2.11. The maximum absolute atomic E-state index is 5.59. The first-order valence-electron chi connectivity index (χ1n) is 5.79. The second-order valence-corrected chi connectivity index (χ2v) is 3.79. The van der Waals surface area contributed by atoms with Gasteiger partial charge < -0.3 is 4.74 Å². The van der Waals surface area contributed by atoms with Gasteiger partial charge in [0.15, 0.2) is 0 Å². The van der Waals surface area contributed by atoms with Crippen LogP contribution in [0.5, 0.6) is 5.75 Å². The average Bonchev–Trinajstić information content (AvgIpc) is 2.39. The molecule has 0 aliphatic carbocycles. The molecule has 0 aliphatic heterocycles. The number of ether oxygens (including phenoxy) is 1. The number of anilines is 1. The summed E-state index contributed by atoms with van der Waals surface area (Å²) in [5.74, 6) is 6.56. The highest BCUT2D eigenvalue weighted by molar-refractivity contribution is 5.68. The second kappa shape index (κ2) is 5.46. The van der Waals surface area contributed by atoms with Gasteiger partial charge in [-0.25, -0.2) is 15.8 Å². The number of aromatic nitrogens is 2. The summed E-state index contributed by atoms with van der Waals surface area (Å²) in [5, 5.41) is 0. The predicted molar refractivity (Wildman–Crippen MR) is 71.2 cm³/mol. The van der Waals surface area contributed by atoms with Crippen LogP contribution in [0.2, 0.25) is 0 Å². The summed E-state index contributed by atoms with van der Waals surface area (Å²) in [5.41, 5.74) is 5.04. The van der Waals surface area contributed by atoms with Crippen LogP contribution in [-0.4, -0.2) is 16.6 Å². The minimum absolute atomic E-state index is 0.399. The monoisotopic (exact) mass is 244 g/mol. The molecule has 94 valence electrons. The Hall–Kier alpha value is -2.14. The Bertz CT molecular complexity index is 542. The van der Waals surface area contributed by atoms with E-state index in [1.807, 2.05) is 44.2 Å². The standard InChI is InChI=1S/C13H16N4O/c1-3-18-12-7-5-4-6-10(12)11-8-9(2)15-13(16-11)17-14/h4-8H,3,14H2,1-2H3,(H,15,16,17). The number of para-hydroxylation sites is 1. The van der Waals surface area contributed by atoms with E-state index in [0.717, 1.165) is 22.7 Å². The van der Waals surface area contributed by atoms with Crippen LogP contribution in [0.15, 0.2) is 30.3 Å². The van der Waals surface area contributed by atoms with Crippen molar-refractivity contribution in [2.45, 2.75) is 13.8 Å². The molecule has 1 aromatic heterocycles. The number of nitrogens with two attached hydrogens (primary N) is 1. The lowest BCUT2D eigenvalue weighted by Gasteiger charge is -2.10. The molecule has 0 unspecified atom stereocenters. The molecule has 0 bridgehead atoms. The number of rotatable bonds is 4. The van der Waals surface area contributed by atoms with Gasteiger partial charge in [0.2, 0.25) is 5.95 Å². The number of hydrazine groups is 1. The highest BCUT2D eigenvalue weighted by Crippen LogP contribution is 2.29. The van der Waals surface area contributed by atoms with Crippen molar-refractivity contribution in [2.75, 3.05) is 12.0 Å². The zero-order chi connectivity index (χ0) is 13.0. The lowest BCUT2D eigenvalue weighted by atomic mass is 10.1. The molecule has 1 heterocycles. The number of benzene rings is 1. The van der Waals surface area contributed by atoms with Crippen LogP contribution in [0.4, 0.5) is 5.95 Å². The Kier molecular flexibility index (Phi) is 3.74. The Morgan fingerprint density at radius 3 is 2.78 bits per heavy atom. The van der Waals surface area contributed by atoms with Gasteiger partial charge in [-0.3, -0.25) is 5.43 Å². The van der Waals surface area contributed by atoms with Crippen LogP contribution in [0.1, 0.15) is 12.6 Å². The maximum atomic E-state index is 5.59. The number of aryl methyl sites for hydroxylation is 1. The van der Waals surface area contributed by atoms with Crippen LogP contribution in [0, 0.1) is 6.92 Å². The van der Waals surface area contributed by atoms with E-state index in [9.17, 15) is 0 Å². The largest absolute Gasteiger partial charge is 0.493 e. The molecular formula is C13H16N4O. The zero-order valence-corrected chi connectivity index (χ0v) is 10.5. The topological polar surface area (TPSA) is 73.1 Å². The smallest absolute Gasteiger partial charge is 0.237 e. The summed E-state index contributed by atoms with van der Waals surface area (Å²) in [7, 11) is 0. The summed E-state index contributed by atoms with van der Waals surface area (Å²) in [4.78, 5) is 8.50. The number of hydrogen-bond acceptors (Lipinski definition) is 5. The highest BCUT2D eigenvalue weighted by Gasteiger charge is 2.09. The zero-order valence-electron chi connectivity index (χ0n) is 10.5. The van der Waals surface area contributed by atoms with E-state index in [-0.39, 0.29) is 0 Å². The van der Waals surface area contributed by atoms with Crippen molar-refractivity contribution in [3.63, 3.8) is 0 Å². The van der Waals surface area contributed by atoms with Crippen LogP contribution in [0.25, 0.3) is 11.3 Å². The third-order valence-corrected chi connectivity index (χ3v) is 2.45. The van der Waals surface area contributed by atoms with E-state index in [1.165, 1.54) is 0 Å². The van der Waals surface area contributed by atoms with Gasteiger partial charge in [-0.1, -0.05) is 12.1 Å². The maximum Gasteiger partial charge on any atom is 0.237 e. The Morgan fingerprint density at radius 2 is 2.06 bits per heavy atom. The van der Waals surface area contributed by atoms with E-state index in [0.29, 0.717) is 12.6 Å². The molecule has 2 aromatic rings. The first-order valence-corrected chi connectivity index (χ1v) is 5.79. The van der Waals surface area contributed by atoms with Gasteiger partial charge in [-0.05, 0) is 32.0 Å². The Labute approximate surface area is 106 Å². The third kappa shape index (κ3) is 2.57. The van der Waals surface area contributed by atoms with Gasteiger partial charge in [0.05, 0.1) is 12.3 Å². The second-order valence-electron chi connectivity index (χ2n) is 3.79. The Balaban J connectivity index is 2.50. The molecule has 0 saturated heterocycles. The number of nitrogen functional groups attached to an aromatic ring is 1. The summed E-state index contributed by atoms with van der Waals surface area (Å²) in [6.45, 7) is 4.47. The molecular weight excluding hydrogens is 228 g/mol. The number of nitrogens with one attached hydrogen (secondary N) is 1. The van der Waals surface area contributed by atoms with Crippen molar-refractivity contribution in [2.24, 2.45) is 5.84 Å². The van der Waals surface area contributed by atoms with Crippen LogP contribution in [0.3, 0.4) is 0 Å². The van der Waals surface area contributed by atoms with E-state index >= 15 is 0 Å². The van der Waals surface area contributed by atoms with Gasteiger partial charge in [-0.2, -0.15) is 0 Å². The summed E-state index contributed by atoms with van der Waals surface area (Å²) in [6.07, 6.45) is 0. The van der Waals surface area contributed by atoms with Crippen molar-refractivity contribution in [1.29, 1.82) is 0 Å². The third-order valence-electron chi connectivity index (χ3n) is 2.45. The minimum atomic E-state index is 0.399. The van der Waals surface area contributed by atoms with Gasteiger partial charge in [0, 0.05) is 11.3 Å². The molecule has 0 aliphatic rings. The molecule has 5 nitrogen and oxygen atoms in total. The van der Waals surface area contributed by atoms with Gasteiger partial charge in [-0.15, -0.1) is 0 Å².